The van der Waals surface area contributed by atoms with E-state index in [0.717, 1.165) is 48.5 Å². The standard InChI is InChI=1S/C26H36O17/c1-11(27)34-8-18-21(22(38-14(4)30)19(10-36-18)37-13(3)29)43-26-25(41-17(7)33)24(40-16(6)32)23(39-15(5)31)20(42-26)9-35-12(2)28/h18-26H,8-10H2,1-7H3/t18?,19-,20?,21-,22-,23+,24?,25+,26+/m1/s1. The number of carbonyl (C=O) groups is 7. The molecule has 0 aromatic heterocycles. The SMILES string of the molecule is CC(=O)OCC1O[C@@H](O[C@@H]2C(COC(C)=O)OC[C@@H](OC(C)=O)[C@H]2OC(C)=O)[C@@H](OC(C)=O)C(OC(C)=O)[C@H]1OC(C)=O. The Hall–Kier alpha value is -3.83. The molecule has 0 aromatic rings. The predicted octanol–water partition coefficient (Wildman–Crippen LogP) is -0.720. The third-order valence-electron chi connectivity index (χ3n) is 5.84. The first-order valence-electron chi connectivity index (χ1n) is 13.1. The van der Waals surface area contributed by atoms with Gasteiger partial charge in [0.15, 0.2) is 36.8 Å². The van der Waals surface area contributed by atoms with E-state index >= 15 is 0 Å². The molecule has 2 fully saturated rings. The molecule has 2 heterocycles. The van der Waals surface area contributed by atoms with E-state index in [1.807, 2.05) is 0 Å². The Morgan fingerprint density at radius 1 is 0.512 bits per heavy atom. The summed E-state index contributed by atoms with van der Waals surface area (Å²) >= 11 is 0. The normalized spacial score (nSPS) is 30.2. The smallest absolute Gasteiger partial charge is 0.303 e. The van der Waals surface area contributed by atoms with Crippen molar-refractivity contribution in [2.45, 2.75) is 104 Å². The second kappa shape index (κ2) is 16.1. The van der Waals surface area contributed by atoms with Crippen molar-refractivity contribution in [2.24, 2.45) is 0 Å². The van der Waals surface area contributed by atoms with Gasteiger partial charge in [0.1, 0.15) is 31.5 Å². The molecule has 0 spiro atoms. The first-order valence-corrected chi connectivity index (χ1v) is 13.1. The Labute approximate surface area is 246 Å². The van der Waals surface area contributed by atoms with Crippen LogP contribution in [0.3, 0.4) is 0 Å². The highest BCUT2D eigenvalue weighted by Gasteiger charge is 2.56. The van der Waals surface area contributed by atoms with Gasteiger partial charge in [0.25, 0.3) is 0 Å². The first kappa shape index (κ1) is 35.4. The zero-order valence-corrected chi connectivity index (χ0v) is 24.8. The Morgan fingerprint density at radius 3 is 1.44 bits per heavy atom. The van der Waals surface area contributed by atoms with Crippen LogP contribution in [0.4, 0.5) is 0 Å². The largest absolute Gasteiger partial charge is 0.463 e. The van der Waals surface area contributed by atoms with Gasteiger partial charge in [-0.1, -0.05) is 0 Å². The minimum absolute atomic E-state index is 0.290. The van der Waals surface area contributed by atoms with Gasteiger partial charge in [-0.2, -0.15) is 0 Å². The van der Waals surface area contributed by atoms with Gasteiger partial charge in [0, 0.05) is 48.5 Å². The maximum Gasteiger partial charge on any atom is 0.303 e. The quantitative estimate of drug-likeness (QED) is 0.206. The molecule has 0 radical (unpaired) electrons. The van der Waals surface area contributed by atoms with Crippen molar-refractivity contribution < 1.29 is 80.9 Å². The fraction of sp³-hybridized carbons (Fsp3) is 0.731. The molecular formula is C26H36O17. The third-order valence-corrected chi connectivity index (χ3v) is 5.84. The lowest BCUT2D eigenvalue weighted by Gasteiger charge is -2.47. The summed E-state index contributed by atoms with van der Waals surface area (Å²) in [6.45, 7) is 6.37. The molecule has 17 nitrogen and oxygen atoms in total. The molecule has 0 bridgehead atoms. The maximum absolute atomic E-state index is 12.2. The Kier molecular flexibility index (Phi) is 13.3. The van der Waals surface area contributed by atoms with Crippen LogP contribution >= 0.6 is 0 Å². The molecule has 2 aliphatic heterocycles. The monoisotopic (exact) mass is 620 g/mol. The molecule has 43 heavy (non-hydrogen) atoms. The van der Waals surface area contributed by atoms with Crippen LogP contribution in [-0.2, 0) is 80.9 Å². The lowest BCUT2D eigenvalue weighted by molar-refractivity contribution is -0.340. The van der Waals surface area contributed by atoms with E-state index in [9.17, 15) is 33.6 Å². The van der Waals surface area contributed by atoms with Crippen molar-refractivity contribution in [3.8, 4) is 0 Å². The Bertz CT molecular complexity index is 1060. The summed E-state index contributed by atoms with van der Waals surface area (Å²) in [6, 6.07) is 0. The second-order valence-electron chi connectivity index (χ2n) is 9.56. The van der Waals surface area contributed by atoms with Crippen LogP contribution in [0.1, 0.15) is 48.5 Å². The van der Waals surface area contributed by atoms with Gasteiger partial charge in [0.2, 0.25) is 0 Å². The average molecular weight is 621 g/mol. The minimum Gasteiger partial charge on any atom is -0.463 e. The predicted molar refractivity (Wildman–Crippen MR) is 134 cm³/mol. The van der Waals surface area contributed by atoms with Crippen LogP contribution in [0.15, 0.2) is 0 Å². The van der Waals surface area contributed by atoms with Crippen LogP contribution in [0.5, 0.6) is 0 Å². The molecule has 17 heteroatoms. The van der Waals surface area contributed by atoms with Crippen molar-refractivity contribution in [1.82, 2.24) is 0 Å². The van der Waals surface area contributed by atoms with Gasteiger partial charge < -0.3 is 47.4 Å². The molecule has 2 rings (SSSR count). The maximum atomic E-state index is 12.2. The topological polar surface area (TPSA) is 212 Å². The van der Waals surface area contributed by atoms with Crippen molar-refractivity contribution in [2.75, 3.05) is 19.8 Å². The fourth-order valence-electron chi connectivity index (χ4n) is 4.44. The van der Waals surface area contributed by atoms with Crippen molar-refractivity contribution in [3.05, 3.63) is 0 Å². The van der Waals surface area contributed by atoms with Crippen LogP contribution < -0.4 is 0 Å². The van der Waals surface area contributed by atoms with Gasteiger partial charge in [0.05, 0.1) is 6.61 Å². The molecule has 0 amide bonds. The number of carbonyl (C=O) groups excluding carboxylic acids is 7. The highest BCUT2D eigenvalue weighted by atomic mass is 16.8. The van der Waals surface area contributed by atoms with E-state index in [1.165, 1.54) is 0 Å². The fourth-order valence-corrected chi connectivity index (χ4v) is 4.44. The summed E-state index contributed by atoms with van der Waals surface area (Å²) in [5.41, 5.74) is 0. The van der Waals surface area contributed by atoms with Crippen LogP contribution in [0.25, 0.3) is 0 Å². The van der Waals surface area contributed by atoms with Crippen molar-refractivity contribution in [3.63, 3.8) is 0 Å². The molecule has 0 aliphatic carbocycles. The molecule has 0 saturated carbocycles. The van der Waals surface area contributed by atoms with E-state index in [1.54, 1.807) is 0 Å². The molecular weight excluding hydrogens is 584 g/mol. The van der Waals surface area contributed by atoms with E-state index in [2.05, 4.69) is 0 Å². The van der Waals surface area contributed by atoms with Crippen molar-refractivity contribution in [1.29, 1.82) is 0 Å². The van der Waals surface area contributed by atoms with Gasteiger partial charge >= 0.3 is 41.8 Å². The number of hydrogen-bond acceptors (Lipinski definition) is 17. The second-order valence-corrected chi connectivity index (χ2v) is 9.56. The molecule has 3 unspecified atom stereocenters. The summed E-state index contributed by atoms with van der Waals surface area (Å²) in [6.07, 6.45) is -12.9. The molecule has 0 aromatic carbocycles. The molecule has 0 N–H and O–H groups in total. The van der Waals surface area contributed by atoms with E-state index < -0.39 is 110 Å². The lowest BCUT2D eigenvalue weighted by Crippen LogP contribution is -2.66. The van der Waals surface area contributed by atoms with Gasteiger partial charge in [-0.3, -0.25) is 33.6 Å². The highest BCUT2D eigenvalue weighted by Crippen LogP contribution is 2.33. The number of esters is 7. The molecule has 2 aliphatic rings. The number of ether oxygens (including phenoxy) is 10. The Balaban J connectivity index is 2.62. The summed E-state index contributed by atoms with van der Waals surface area (Å²) in [5, 5.41) is 0. The molecule has 2 saturated heterocycles. The number of rotatable bonds is 11. The van der Waals surface area contributed by atoms with E-state index in [4.69, 9.17) is 47.4 Å². The lowest BCUT2D eigenvalue weighted by atomic mass is 9.96. The summed E-state index contributed by atoms with van der Waals surface area (Å²) in [4.78, 5) is 83.3. The van der Waals surface area contributed by atoms with Gasteiger partial charge in [-0.25, -0.2) is 0 Å². The summed E-state index contributed by atoms with van der Waals surface area (Å²) in [5.74, 6) is -5.53. The third kappa shape index (κ3) is 11.1. The van der Waals surface area contributed by atoms with E-state index in [-0.39, 0.29) is 6.61 Å². The molecule has 9 atom stereocenters. The number of hydrogen-bond donors (Lipinski definition) is 0. The minimum atomic E-state index is -1.71. The van der Waals surface area contributed by atoms with E-state index in [0.29, 0.717) is 0 Å². The summed E-state index contributed by atoms with van der Waals surface area (Å²) in [7, 11) is 0. The first-order chi connectivity index (χ1) is 20.1. The van der Waals surface area contributed by atoms with Gasteiger partial charge in [-0.05, 0) is 0 Å². The van der Waals surface area contributed by atoms with Crippen LogP contribution in [-0.4, -0.2) is 117 Å². The Morgan fingerprint density at radius 2 is 0.953 bits per heavy atom. The van der Waals surface area contributed by atoms with Crippen LogP contribution in [0.2, 0.25) is 0 Å². The summed E-state index contributed by atoms with van der Waals surface area (Å²) < 4.78 is 54.8. The molecule has 242 valence electrons. The zero-order chi connectivity index (χ0) is 32.4. The highest BCUT2D eigenvalue weighted by molar-refractivity contribution is 5.69. The average Bonchev–Trinajstić information content (AvgIpc) is 2.86. The van der Waals surface area contributed by atoms with Gasteiger partial charge in [-0.15, -0.1) is 0 Å². The van der Waals surface area contributed by atoms with Crippen molar-refractivity contribution >= 4 is 41.8 Å². The zero-order valence-electron chi connectivity index (χ0n) is 24.8. The van der Waals surface area contributed by atoms with Crippen LogP contribution in [0, 0.1) is 0 Å².